The third-order valence-electron chi connectivity index (χ3n) is 5.68. The molecule has 9 heteroatoms. The quantitative estimate of drug-likeness (QED) is 0.716. The van der Waals surface area contributed by atoms with Crippen LogP contribution >= 0.6 is 0 Å². The molecule has 1 aliphatic carbocycles. The van der Waals surface area contributed by atoms with Crippen molar-refractivity contribution in [2.24, 2.45) is 13.0 Å². The molecule has 1 atom stereocenters. The van der Waals surface area contributed by atoms with E-state index in [4.69, 9.17) is 4.74 Å². The Hall–Kier alpha value is -1.87. The monoisotopic (exact) mass is 411 g/mol. The first-order chi connectivity index (χ1) is 13.2. The first-order valence-electron chi connectivity index (χ1n) is 9.82. The molecule has 1 N–H and O–H groups in total. The molecule has 0 spiro atoms. The SMILES string of the molecule is CCOC(=O)c1c(S(=O)(=O)N2CCCC(C(=O)NC3CC3)C2)c(C)n(C)c1C. The molecule has 156 valence electrons. The molecule has 0 radical (unpaired) electrons. The predicted octanol–water partition coefficient (Wildman–Crippen LogP) is 1.50. The lowest BCUT2D eigenvalue weighted by atomic mass is 9.99. The fraction of sp³-hybridized carbons (Fsp3) is 0.684. The largest absolute Gasteiger partial charge is 0.462 e. The van der Waals surface area contributed by atoms with Crippen LogP contribution in [-0.2, 0) is 26.6 Å². The minimum atomic E-state index is -3.94. The van der Waals surface area contributed by atoms with Gasteiger partial charge in [0.2, 0.25) is 15.9 Å². The maximum atomic E-state index is 13.5. The summed E-state index contributed by atoms with van der Waals surface area (Å²) in [6.07, 6.45) is 3.27. The van der Waals surface area contributed by atoms with Gasteiger partial charge < -0.3 is 14.6 Å². The number of carbonyl (C=O) groups excluding carboxylic acids is 2. The van der Waals surface area contributed by atoms with E-state index in [9.17, 15) is 18.0 Å². The molecule has 1 aromatic rings. The number of ether oxygens (including phenoxy) is 1. The van der Waals surface area contributed by atoms with Crippen LogP contribution in [0.3, 0.4) is 0 Å². The summed E-state index contributed by atoms with van der Waals surface area (Å²) >= 11 is 0. The molecule has 1 aromatic heterocycles. The maximum Gasteiger partial charge on any atom is 0.341 e. The maximum absolute atomic E-state index is 13.5. The molecular weight excluding hydrogens is 382 g/mol. The predicted molar refractivity (Wildman–Crippen MR) is 103 cm³/mol. The summed E-state index contributed by atoms with van der Waals surface area (Å²) in [5, 5.41) is 2.97. The van der Waals surface area contributed by atoms with Crippen LogP contribution in [0.1, 0.15) is 54.4 Å². The fourth-order valence-corrected chi connectivity index (χ4v) is 5.73. The van der Waals surface area contributed by atoms with Gasteiger partial charge in [-0.05, 0) is 46.5 Å². The van der Waals surface area contributed by atoms with E-state index in [2.05, 4.69) is 5.32 Å². The second-order valence-corrected chi connectivity index (χ2v) is 9.51. The van der Waals surface area contributed by atoms with Crippen LogP contribution in [0, 0.1) is 19.8 Å². The highest BCUT2D eigenvalue weighted by atomic mass is 32.2. The summed E-state index contributed by atoms with van der Waals surface area (Å²) in [5.74, 6) is -1.07. The van der Waals surface area contributed by atoms with Crippen molar-refractivity contribution in [3.63, 3.8) is 0 Å². The van der Waals surface area contributed by atoms with Crippen molar-refractivity contribution >= 4 is 21.9 Å². The van der Waals surface area contributed by atoms with Gasteiger partial charge in [0.25, 0.3) is 0 Å². The van der Waals surface area contributed by atoms with Crippen molar-refractivity contribution in [3.05, 3.63) is 17.0 Å². The van der Waals surface area contributed by atoms with Gasteiger partial charge in [-0.15, -0.1) is 0 Å². The molecule has 1 saturated heterocycles. The summed E-state index contributed by atoms with van der Waals surface area (Å²) in [6.45, 7) is 5.72. The number of hydrogen-bond donors (Lipinski definition) is 1. The number of rotatable bonds is 6. The average molecular weight is 412 g/mol. The Labute approximate surface area is 166 Å². The number of nitrogens with zero attached hydrogens (tertiary/aromatic N) is 2. The first kappa shape index (κ1) is 20.9. The molecule has 1 aliphatic heterocycles. The van der Waals surface area contributed by atoms with Gasteiger partial charge in [-0.1, -0.05) is 0 Å². The van der Waals surface area contributed by atoms with Crippen LogP contribution in [0.5, 0.6) is 0 Å². The Bertz CT molecular complexity index is 886. The van der Waals surface area contributed by atoms with Crippen LogP contribution in [-0.4, -0.2) is 54.9 Å². The van der Waals surface area contributed by atoms with Crippen LogP contribution in [0.4, 0.5) is 0 Å². The number of hydrogen-bond acceptors (Lipinski definition) is 5. The lowest BCUT2D eigenvalue weighted by Crippen LogP contribution is -2.46. The summed E-state index contributed by atoms with van der Waals surface area (Å²) in [7, 11) is -2.21. The molecule has 1 amide bonds. The van der Waals surface area contributed by atoms with E-state index < -0.39 is 16.0 Å². The van der Waals surface area contributed by atoms with Gasteiger partial charge >= 0.3 is 5.97 Å². The highest BCUT2D eigenvalue weighted by Crippen LogP contribution is 2.32. The van der Waals surface area contributed by atoms with Crippen molar-refractivity contribution in [3.8, 4) is 0 Å². The number of piperidine rings is 1. The van der Waals surface area contributed by atoms with Crippen molar-refractivity contribution in [1.82, 2.24) is 14.2 Å². The van der Waals surface area contributed by atoms with Crippen molar-refractivity contribution in [1.29, 1.82) is 0 Å². The molecule has 28 heavy (non-hydrogen) atoms. The van der Waals surface area contributed by atoms with E-state index in [1.165, 1.54) is 4.31 Å². The van der Waals surface area contributed by atoms with Crippen molar-refractivity contribution in [2.75, 3.05) is 19.7 Å². The fourth-order valence-electron chi connectivity index (χ4n) is 3.73. The van der Waals surface area contributed by atoms with E-state index in [0.717, 1.165) is 12.8 Å². The Morgan fingerprint density at radius 3 is 2.46 bits per heavy atom. The molecule has 8 nitrogen and oxygen atoms in total. The Balaban J connectivity index is 1.92. The first-order valence-corrected chi connectivity index (χ1v) is 11.3. The van der Waals surface area contributed by atoms with Gasteiger partial charge in [0.15, 0.2) is 0 Å². The van der Waals surface area contributed by atoms with Crippen LogP contribution in [0.25, 0.3) is 0 Å². The van der Waals surface area contributed by atoms with Gasteiger partial charge in [0.05, 0.1) is 12.5 Å². The van der Waals surface area contributed by atoms with E-state index >= 15 is 0 Å². The number of sulfonamides is 1. The Morgan fingerprint density at radius 1 is 1.18 bits per heavy atom. The molecule has 3 rings (SSSR count). The summed E-state index contributed by atoms with van der Waals surface area (Å²) in [4.78, 5) is 24.9. The van der Waals surface area contributed by atoms with Crippen LogP contribution in [0.2, 0.25) is 0 Å². The number of esters is 1. The molecular formula is C19H29N3O5S. The van der Waals surface area contributed by atoms with E-state index in [1.807, 2.05) is 0 Å². The van der Waals surface area contributed by atoms with E-state index in [0.29, 0.717) is 30.8 Å². The zero-order valence-electron chi connectivity index (χ0n) is 16.9. The highest BCUT2D eigenvalue weighted by Gasteiger charge is 2.39. The number of amides is 1. The van der Waals surface area contributed by atoms with E-state index in [-0.39, 0.29) is 41.5 Å². The number of aromatic nitrogens is 1. The van der Waals surface area contributed by atoms with Gasteiger partial charge in [-0.3, -0.25) is 4.79 Å². The molecule has 0 aromatic carbocycles. The number of nitrogens with one attached hydrogen (secondary N) is 1. The normalized spacial score (nSPS) is 20.8. The number of carbonyl (C=O) groups is 2. The summed E-state index contributed by atoms with van der Waals surface area (Å²) < 4.78 is 35.1. The van der Waals surface area contributed by atoms with Gasteiger partial charge in [-0.2, -0.15) is 4.31 Å². The molecule has 2 fully saturated rings. The van der Waals surface area contributed by atoms with Crippen molar-refractivity contribution < 1.29 is 22.7 Å². The van der Waals surface area contributed by atoms with Crippen molar-refractivity contribution in [2.45, 2.75) is 57.4 Å². The molecule has 2 heterocycles. The third kappa shape index (κ3) is 3.82. The average Bonchev–Trinajstić information content (AvgIpc) is 3.44. The molecule has 2 aliphatic rings. The second-order valence-electron chi connectivity index (χ2n) is 7.64. The lowest BCUT2D eigenvalue weighted by Gasteiger charge is -2.31. The van der Waals surface area contributed by atoms with Gasteiger partial charge in [-0.25, -0.2) is 13.2 Å². The standard InChI is InChI=1S/C19H29N3O5S/c1-5-27-19(24)16-12(2)21(4)13(3)17(16)28(25,26)22-10-6-7-14(11-22)18(23)20-15-8-9-15/h14-15H,5-11H2,1-4H3,(H,20,23). The smallest absolute Gasteiger partial charge is 0.341 e. The molecule has 0 bridgehead atoms. The van der Waals surface area contributed by atoms with Crippen LogP contribution in [0.15, 0.2) is 4.90 Å². The minimum Gasteiger partial charge on any atom is -0.462 e. The summed E-state index contributed by atoms with van der Waals surface area (Å²) in [6, 6.07) is 0.244. The molecule has 1 unspecified atom stereocenters. The zero-order valence-corrected chi connectivity index (χ0v) is 17.8. The van der Waals surface area contributed by atoms with E-state index in [1.54, 1.807) is 32.4 Å². The second kappa shape index (κ2) is 7.87. The lowest BCUT2D eigenvalue weighted by molar-refractivity contribution is -0.126. The topological polar surface area (TPSA) is 97.7 Å². The zero-order chi connectivity index (χ0) is 20.6. The van der Waals surface area contributed by atoms with Gasteiger partial charge in [0.1, 0.15) is 10.5 Å². The Morgan fingerprint density at radius 2 is 1.86 bits per heavy atom. The third-order valence-corrected chi connectivity index (χ3v) is 7.71. The van der Waals surface area contributed by atoms with Crippen LogP contribution < -0.4 is 5.32 Å². The Kier molecular flexibility index (Phi) is 5.86. The summed E-state index contributed by atoms with van der Waals surface area (Å²) in [5.41, 5.74) is 1.13. The van der Waals surface area contributed by atoms with Gasteiger partial charge in [0, 0.05) is 37.6 Å². The molecule has 1 saturated carbocycles. The minimum absolute atomic E-state index is 0.00537. The highest BCUT2D eigenvalue weighted by molar-refractivity contribution is 7.89.